The molecule has 4 nitrogen and oxygen atoms in total. The van der Waals surface area contributed by atoms with Crippen molar-refractivity contribution in [1.29, 1.82) is 0 Å². The Morgan fingerprint density at radius 2 is 2.12 bits per heavy atom. The standard InChI is InChI=1S/C12H19N3O/c1-9-7-12(14-8-11(9)13)16-10-3-5-15(2)6-4-10/h7-8,10H,3-6,13H2,1-2H3. The average molecular weight is 221 g/mol. The maximum absolute atomic E-state index is 5.85. The van der Waals surface area contributed by atoms with Gasteiger partial charge in [0.25, 0.3) is 0 Å². The van der Waals surface area contributed by atoms with Crippen LogP contribution < -0.4 is 10.5 Å². The summed E-state index contributed by atoms with van der Waals surface area (Å²) in [5.74, 6) is 0.696. The Morgan fingerprint density at radius 1 is 1.44 bits per heavy atom. The van der Waals surface area contributed by atoms with E-state index in [2.05, 4.69) is 16.9 Å². The number of ether oxygens (including phenoxy) is 1. The van der Waals surface area contributed by atoms with Crippen LogP contribution in [0.2, 0.25) is 0 Å². The van der Waals surface area contributed by atoms with E-state index in [1.165, 1.54) is 0 Å². The fraction of sp³-hybridized carbons (Fsp3) is 0.583. The molecule has 1 fully saturated rings. The molecule has 0 radical (unpaired) electrons. The van der Waals surface area contributed by atoms with E-state index < -0.39 is 0 Å². The summed E-state index contributed by atoms with van der Waals surface area (Å²) in [5, 5.41) is 0. The van der Waals surface area contributed by atoms with Crippen molar-refractivity contribution < 1.29 is 4.74 Å². The van der Waals surface area contributed by atoms with Crippen LogP contribution in [0, 0.1) is 6.92 Å². The zero-order valence-corrected chi connectivity index (χ0v) is 9.94. The highest BCUT2D eigenvalue weighted by Gasteiger charge is 2.18. The smallest absolute Gasteiger partial charge is 0.213 e. The van der Waals surface area contributed by atoms with Gasteiger partial charge >= 0.3 is 0 Å². The van der Waals surface area contributed by atoms with Crippen LogP contribution in [0.15, 0.2) is 12.3 Å². The first-order chi connectivity index (χ1) is 7.65. The molecule has 4 heteroatoms. The lowest BCUT2D eigenvalue weighted by atomic mass is 10.1. The molecule has 0 bridgehead atoms. The average Bonchev–Trinajstić information content (AvgIpc) is 2.27. The van der Waals surface area contributed by atoms with Gasteiger partial charge in [-0.3, -0.25) is 0 Å². The third-order valence-electron chi connectivity index (χ3n) is 3.08. The molecule has 2 rings (SSSR count). The molecule has 0 aromatic carbocycles. The Labute approximate surface area is 96.4 Å². The van der Waals surface area contributed by atoms with Crippen LogP contribution in [-0.4, -0.2) is 36.1 Å². The van der Waals surface area contributed by atoms with Crippen LogP contribution in [0.1, 0.15) is 18.4 Å². The molecule has 0 spiro atoms. The number of hydrogen-bond acceptors (Lipinski definition) is 4. The summed E-state index contributed by atoms with van der Waals surface area (Å²) in [6, 6.07) is 1.91. The number of nitrogen functional groups attached to an aromatic ring is 1. The lowest BCUT2D eigenvalue weighted by Crippen LogP contribution is -2.35. The van der Waals surface area contributed by atoms with Crippen molar-refractivity contribution in [3.05, 3.63) is 17.8 Å². The van der Waals surface area contributed by atoms with Gasteiger partial charge in [-0.15, -0.1) is 0 Å². The Kier molecular flexibility index (Phi) is 3.29. The van der Waals surface area contributed by atoms with Crippen molar-refractivity contribution in [2.45, 2.75) is 25.9 Å². The van der Waals surface area contributed by atoms with Crippen molar-refractivity contribution >= 4 is 5.69 Å². The van der Waals surface area contributed by atoms with Gasteiger partial charge in [0.2, 0.25) is 5.88 Å². The van der Waals surface area contributed by atoms with Gasteiger partial charge in [-0.2, -0.15) is 0 Å². The molecular formula is C12H19N3O. The number of rotatable bonds is 2. The van der Waals surface area contributed by atoms with Crippen LogP contribution in [0.4, 0.5) is 5.69 Å². The minimum absolute atomic E-state index is 0.298. The molecule has 1 saturated heterocycles. The summed E-state index contributed by atoms with van der Waals surface area (Å²) < 4.78 is 5.85. The molecule has 0 amide bonds. The van der Waals surface area contributed by atoms with Crippen molar-refractivity contribution in [2.75, 3.05) is 25.9 Å². The van der Waals surface area contributed by atoms with Gasteiger partial charge in [0.05, 0.1) is 11.9 Å². The second-order valence-corrected chi connectivity index (χ2v) is 4.50. The van der Waals surface area contributed by atoms with Crippen molar-refractivity contribution in [2.24, 2.45) is 0 Å². The summed E-state index contributed by atoms with van der Waals surface area (Å²) in [5.41, 5.74) is 7.46. The van der Waals surface area contributed by atoms with Gasteiger partial charge in [-0.25, -0.2) is 4.98 Å². The Bertz CT molecular complexity index is 359. The molecule has 0 unspecified atom stereocenters. The number of aromatic nitrogens is 1. The van der Waals surface area contributed by atoms with Crippen LogP contribution >= 0.6 is 0 Å². The number of likely N-dealkylation sites (tertiary alicyclic amines) is 1. The fourth-order valence-electron chi connectivity index (χ4n) is 1.88. The van der Waals surface area contributed by atoms with E-state index in [0.29, 0.717) is 12.0 Å². The van der Waals surface area contributed by atoms with Crippen LogP contribution in [-0.2, 0) is 0 Å². The highest BCUT2D eigenvalue weighted by Crippen LogP contribution is 2.19. The number of hydrogen-bond donors (Lipinski definition) is 1. The van der Waals surface area contributed by atoms with Crippen molar-refractivity contribution in [1.82, 2.24) is 9.88 Å². The topological polar surface area (TPSA) is 51.4 Å². The van der Waals surface area contributed by atoms with Crippen LogP contribution in [0.25, 0.3) is 0 Å². The minimum Gasteiger partial charge on any atom is -0.474 e. The third kappa shape index (κ3) is 2.64. The lowest BCUT2D eigenvalue weighted by molar-refractivity contribution is 0.110. The Hall–Kier alpha value is -1.29. The van der Waals surface area contributed by atoms with E-state index >= 15 is 0 Å². The van der Waals surface area contributed by atoms with Gasteiger partial charge in [0.1, 0.15) is 6.10 Å². The molecule has 0 atom stereocenters. The number of anilines is 1. The van der Waals surface area contributed by atoms with E-state index in [1.54, 1.807) is 6.20 Å². The highest BCUT2D eigenvalue weighted by molar-refractivity contribution is 5.45. The largest absolute Gasteiger partial charge is 0.474 e. The first kappa shape index (κ1) is 11.2. The molecule has 0 aliphatic carbocycles. The molecule has 2 heterocycles. The van der Waals surface area contributed by atoms with E-state index in [-0.39, 0.29) is 0 Å². The molecule has 0 saturated carbocycles. The van der Waals surface area contributed by atoms with E-state index in [1.807, 2.05) is 13.0 Å². The third-order valence-corrected chi connectivity index (χ3v) is 3.08. The first-order valence-corrected chi connectivity index (χ1v) is 5.72. The second-order valence-electron chi connectivity index (χ2n) is 4.50. The SMILES string of the molecule is Cc1cc(OC2CCN(C)CC2)ncc1N. The first-order valence-electron chi connectivity index (χ1n) is 5.72. The van der Waals surface area contributed by atoms with Crippen LogP contribution in [0.3, 0.4) is 0 Å². The van der Waals surface area contributed by atoms with Gasteiger partial charge in [0.15, 0.2) is 0 Å². The molecule has 1 aromatic rings. The van der Waals surface area contributed by atoms with Gasteiger partial charge < -0.3 is 15.4 Å². The number of nitrogens with zero attached hydrogens (tertiary/aromatic N) is 2. The zero-order valence-electron chi connectivity index (χ0n) is 9.94. The van der Waals surface area contributed by atoms with Gasteiger partial charge in [0, 0.05) is 19.2 Å². The van der Waals surface area contributed by atoms with E-state index in [9.17, 15) is 0 Å². The highest BCUT2D eigenvalue weighted by atomic mass is 16.5. The molecular weight excluding hydrogens is 202 g/mol. The molecule has 16 heavy (non-hydrogen) atoms. The molecule has 1 aromatic heterocycles. The number of aryl methyl sites for hydroxylation is 1. The van der Waals surface area contributed by atoms with E-state index in [4.69, 9.17) is 10.5 Å². The Balaban J connectivity index is 1.96. The van der Waals surface area contributed by atoms with Crippen molar-refractivity contribution in [3.63, 3.8) is 0 Å². The molecule has 88 valence electrons. The van der Waals surface area contributed by atoms with Crippen LogP contribution in [0.5, 0.6) is 5.88 Å². The lowest BCUT2D eigenvalue weighted by Gasteiger charge is -2.28. The van der Waals surface area contributed by atoms with E-state index in [0.717, 1.165) is 37.2 Å². The summed E-state index contributed by atoms with van der Waals surface area (Å²) in [6.45, 7) is 4.16. The maximum atomic E-state index is 5.85. The molecule has 2 N–H and O–H groups in total. The molecule has 1 aliphatic rings. The van der Waals surface area contributed by atoms with Gasteiger partial charge in [-0.1, -0.05) is 0 Å². The molecule has 1 aliphatic heterocycles. The second kappa shape index (κ2) is 4.70. The minimum atomic E-state index is 0.298. The zero-order chi connectivity index (χ0) is 11.5. The monoisotopic (exact) mass is 221 g/mol. The maximum Gasteiger partial charge on any atom is 0.213 e. The fourth-order valence-corrected chi connectivity index (χ4v) is 1.88. The van der Waals surface area contributed by atoms with Gasteiger partial charge in [-0.05, 0) is 32.4 Å². The summed E-state index contributed by atoms with van der Waals surface area (Å²) in [7, 11) is 2.14. The predicted octanol–water partition coefficient (Wildman–Crippen LogP) is 1.45. The number of pyridine rings is 1. The number of nitrogens with two attached hydrogens (primary N) is 1. The predicted molar refractivity (Wildman–Crippen MR) is 64.5 cm³/mol. The number of piperidine rings is 1. The summed E-state index contributed by atoms with van der Waals surface area (Å²) in [6.07, 6.45) is 4.11. The summed E-state index contributed by atoms with van der Waals surface area (Å²) >= 11 is 0. The Morgan fingerprint density at radius 3 is 2.75 bits per heavy atom. The summed E-state index contributed by atoms with van der Waals surface area (Å²) in [4.78, 5) is 6.51. The quantitative estimate of drug-likeness (QED) is 0.821. The normalized spacial score (nSPS) is 18.6. The van der Waals surface area contributed by atoms with Crippen molar-refractivity contribution in [3.8, 4) is 5.88 Å².